The first-order valence-corrected chi connectivity index (χ1v) is 15.5. The lowest BCUT2D eigenvalue weighted by atomic mass is 9.97. The molecule has 1 amide bonds. The first-order valence-electron chi connectivity index (χ1n) is 12.7. The minimum Gasteiger partial charge on any atom is -0.434 e. The zero-order chi connectivity index (χ0) is 29.3. The average Bonchev–Trinajstić information content (AvgIpc) is 3.39. The van der Waals surface area contributed by atoms with Crippen molar-refractivity contribution in [2.45, 2.75) is 30.9 Å². The number of imidazole rings is 1. The second-order valence-corrected chi connectivity index (χ2v) is 14.1. The Morgan fingerprint density at radius 1 is 1.17 bits per heavy atom. The number of fused-ring (bicyclic) bond motifs is 9. The van der Waals surface area contributed by atoms with E-state index in [0.29, 0.717) is 33.9 Å². The Balaban J connectivity index is 1.48. The number of rotatable bonds is 7. The standard InChI is InChI=1S/C27H25BF2N5O5P/c1-41(2,39)13-32-22-9-7-15(12-31-22)14-6-8-17-18(10-14)34-19-11-20(24(34)33-17)35(27(28,37)38)25(36)16-4-3-5-21(23(16)19)40-26(29)30/h3-10,12,19-20,26,37-38H,11,13H2,1-2H3,(H,31,32)/t19?,20-/m1/s1. The van der Waals surface area contributed by atoms with Gasteiger partial charge in [0.25, 0.3) is 5.91 Å². The van der Waals surface area contributed by atoms with Gasteiger partial charge in [0.15, 0.2) is 13.7 Å². The van der Waals surface area contributed by atoms with E-state index in [4.69, 9.17) is 12.6 Å². The van der Waals surface area contributed by atoms with E-state index in [1.54, 1.807) is 36.2 Å². The van der Waals surface area contributed by atoms with Gasteiger partial charge in [-0.2, -0.15) is 8.78 Å². The minimum absolute atomic E-state index is 0.0341. The van der Waals surface area contributed by atoms with E-state index in [9.17, 15) is 28.4 Å². The summed E-state index contributed by atoms with van der Waals surface area (Å²) >= 11 is 0. The van der Waals surface area contributed by atoms with Crippen molar-refractivity contribution in [1.82, 2.24) is 19.4 Å². The van der Waals surface area contributed by atoms with Gasteiger partial charge in [-0.15, -0.1) is 0 Å². The lowest BCUT2D eigenvalue weighted by Crippen LogP contribution is -2.53. The molecule has 0 saturated carbocycles. The lowest BCUT2D eigenvalue weighted by Gasteiger charge is -2.37. The first-order chi connectivity index (χ1) is 19.3. The smallest absolute Gasteiger partial charge is 0.387 e. The maximum absolute atomic E-state index is 13.5. The highest BCUT2D eigenvalue weighted by molar-refractivity contribution is 7.62. The number of amides is 1. The number of aromatic nitrogens is 3. The molecule has 210 valence electrons. The van der Waals surface area contributed by atoms with Gasteiger partial charge in [0.2, 0.25) is 0 Å². The Bertz CT molecular complexity index is 1720. The molecule has 4 heterocycles. The Kier molecular flexibility index (Phi) is 6.44. The largest absolute Gasteiger partial charge is 0.434 e. The van der Waals surface area contributed by atoms with Crippen LogP contribution in [0.15, 0.2) is 54.7 Å². The maximum atomic E-state index is 13.5. The molecule has 2 bridgehead atoms. The minimum atomic E-state index is -3.14. The van der Waals surface area contributed by atoms with Crippen molar-refractivity contribution in [2.75, 3.05) is 24.9 Å². The summed E-state index contributed by atoms with van der Waals surface area (Å²) in [5.41, 5.74) is 2.90. The predicted octanol–water partition coefficient (Wildman–Crippen LogP) is 3.95. The molecule has 2 aromatic carbocycles. The van der Waals surface area contributed by atoms with Gasteiger partial charge < -0.3 is 29.4 Å². The van der Waals surface area contributed by atoms with Gasteiger partial charge in [0.1, 0.15) is 17.4 Å². The summed E-state index contributed by atoms with van der Waals surface area (Å²) in [6, 6.07) is 11.6. The summed E-state index contributed by atoms with van der Waals surface area (Å²) in [5, 5.41) is 23.9. The van der Waals surface area contributed by atoms with Gasteiger partial charge in [-0.25, -0.2) is 9.97 Å². The highest BCUT2D eigenvalue weighted by atomic mass is 31.2. The van der Waals surface area contributed by atoms with Crippen molar-refractivity contribution in [1.29, 1.82) is 0 Å². The molecular formula is C27H25BF2N5O5P. The Morgan fingerprint density at radius 2 is 1.93 bits per heavy atom. The molecular weight excluding hydrogens is 554 g/mol. The first kappa shape index (κ1) is 27.4. The number of carbonyl (C=O) groups excluding carboxylic acids is 1. The van der Waals surface area contributed by atoms with Crippen molar-refractivity contribution in [3.8, 4) is 16.9 Å². The van der Waals surface area contributed by atoms with Gasteiger partial charge in [-0.1, -0.05) is 12.1 Å². The number of pyridine rings is 1. The highest BCUT2D eigenvalue weighted by Crippen LogP contribution is 2.51. The van der Waals surface area contributed by atoms with Crippen LogP contribution in [-0.2, 0) is 4.57 Å². The molecule has 2 atom stereocenters. The zero-order valence-electron chi connectivity index (χ0n) is 22.0. The van der Waals surface area contributed by atoms with Crippen molar-refractivity contribution in [2.24, 2.45) is 0 Å². The van der Waals surface area contributed by atoms with E-state index in [1.807, 2.05) is 18.2 Å². The molecule has 14 heteroatoms. The number of hydrogen-bond acceptors (Lipinski definition) is 8. The third-order valence-electron chi connectivity index (χ3n) is 7.24. The molecule has 0 saturated heterocycles. The fourth-order valence-electron chi connectivity index (χ4n) is 5.61. The van der Waals surface area contributed by atoms with Crippen LogP contribution >= 0.6 is 7.14 Å². The normalized spacial score (nSPS) is 18.4. The van der Waals surface area contributed by atoms with Gasteiger partial charge in [-0.3, -0.25) is 9.69 Å². The van der Waals surface area contributed by atoms with Gasteiger partial charge in [-0.05, 0) is 55.3 Å². The third kappa shape index (κ3) is 4.88. The van der Waals surface area contributed by atoms with Crippen molar-refractivity contribution in [3.63, 3.8) is 0 Å². The van der Waals surface area contributed by atoms with Gasteiger partial charge in [0, 0.05) is 29.3 Å². The molecule has 10 nitrogen and oxygen atoms in total. The number of alkyl halides is 2. The number of nitrogens with zero attached hydrogens (tertiary/aromatic N) is 4. The van der Waals surface area contributed by atoms with Crippen LogP contribution in [0.3, 0.4) is 0 Å². The molecule has 6 rings (SSSR count). The fourth-order valence-corrected chi connectivity index (χ4v) is 6.15. The molecule has 0 fully saturated rings. The van der Waals surface area contributed by atoms with Crippen LogP contribution in [0.25, 0.3) is 22.2 Å². The highest BCUT2D eigenvalue weighted by Gasteiger charge is 2.50. The summed E-state index contributed by atoms with van der Waals surface area (Å²) in [7, 11) is 3.37. The van der Waals surface area contributed by atoms with E-state index >= 15 is 0 Å². The number of anilines is 1. The summed E-state index contributed by atoms with van der Waals surface area (Å²) in [6.07, 6.45) is 2.10. The summed E-state index contributed by atoms with van der Waals surface area (Å²) < 4.78 is 45.4. The van der Waals surface area contributed by atoms with Gasteiger partial charge >= 0.3 is 6.61 Å². The number of ether oxygens (including phenoxy) is 1. The topological polar surface area (TPSA) is 130 Å². The predicted molar refractivity (Wildman–Crippen MR) is 149 cm³/mol. The van der Waals surface area contributed by atoms with E-state index < -0.39 is 37.6 Å². The van der Waals surface area contributed by atoms with Gasteiger partial charge in [0.05, 0.1) is 36.5 Å². The molecule has 0 aliphatic carbocycles. The number of benzene rings is 2. The number of hydrogen-bond donors (Lipinski definition) is 3. The number of nitrogens with one attached hydrogen (secondary N) is 1. The van der Waals surface area contributed by atoms with E-state index in [0.717, 1.165) is 11.1 Å². The van der Waals surface area contributed by atoms with Crippen LogP contribution in [0, 0.1) is 0 Å². The van der Waals surface area contributed by atoms with Crippen LogP contribution in [-0.4, -0.2) is 75.4 Å². The Hall–Kier alpha value is -3.80. The van der Waals surface area contributed by atoms with Crippen LogP contribution in [0.4, 0.5) is 14.6 Å². The summed E-state index contributed by atoms with van der Waals surface area (Å²) in [6.45, 7) is 0.235. The second kappa shape index (κ2) is 9.65. The van der Waals surface area contributed by atoms with Crippen LogP contribution in [0.1, 0.15) is 40.3 Å². The quantitative estimate of drug-likeness (QED) is 0.171. The molecule has 2 radical (unpaired) electrons. The molecule has 2 aliphatic rings. The number of carbonyl (C=O) groups is 1. The van der Waals surface area contributed by atoms with Crippen LogP contribution in [0.5, 0.6) is 5.75 Å². The van der Waals surface area contributed by atoms with Crippen molar-refractivity contribution < 1.29 is 33.1 Å². The monoisotopic (exact) mass is 579 g/mol. The Labute approximate surface area is 234 Å². The molecule has 1 unspecified atom stereocenters. The van der Waals surface area contributed by atoms with E-state index in [1.165, 1.54) is 18.2 Å². The SMILES string of the molecule is [B]C(O)(O)N1C(=O)c2cccc(OC(F)F)c2C2C[C@@H]1c1nc3ccc(-c4ccc(NCP(C)(C)=O)nc4)cc3n12. The molecule has 4 aromatic rings. The third-order valence-corrected chi connectivity index (χ3v) is 8.16. The molecule has 3 N–H and O–H groups in total. The van der Waals surface area contributed by atoms with E-state index in [-0.39, 0.29) is 23.3 Å². The maximum Gasteiger partial charge on any atom is 0.387 e. The molecule has 2 aliphatic heterocycles. The van der Waals surface area contributed by atoms with Crippen LogP contribution < -0.4 is 10.1 Å². The average molecular weight is 579 g/mol. The van der Waals surface area contributed by atoms with Crippen molar-refractivity contribution in [3.05, 3.63) is 71.7 Å². The zero-order valence-corrected chi connectivity index (χ0v) is 22.9. The summed E-state index contributed by atoms with van der Waals surface area (Å²) in [4.78, 5) is 23.3. The second-order valence-electron chi connectivity index (χ2n) is 10.6. The van der Waals surface area contributed by atoms with Crippen LogP contribution in [0.2, 0.25) is 0 Å². The molecule has 41 heavy (non-hydrogen) atoms. The Morgan fingerprint density at radius 3 is 2.59 bits per heavy atom. The molecule has 2 aromatic heterocycles. The summed E-state index contributed by atoms with van der Waals surface area (Å²) in [5.74, 6) is -3.18. The van der Waals surface area contributed by atoms with Crippen molar-refractivity contribution >= 4 is 37.7 Å². The molecule has 0 spiro atoms. The number of halogens is 2. The fraction of sp³-hybridized carbons (Fsp3) is 0.296. The lowest BCUT2D eigenvalue weighted by molar-refractivity contribution is -0.190. The van der Waals surface area contributed by atoms with E-state index in [2.05, 4.69) is 15.3 Å². The number of aliphatic hydroxyl groups is 2.